The zero-order valence-corrected chi connectivity index (χ0v) is 10.9. The third-order valence-corrected chi connectivity index (χ3v) is 2.78. The van der Waals surface area contributed by atoms with E-state index in [1.54, 1.807) is 6.92 Å². The van der Waals surface area contributed by atoms with Crippen molar-refractivity contribution in [3.8, 4) is 5.75 Å². The van der Waals surface area contributed by atoms with Gasteiger partial charge < -0.3 is 10.1 Å². The van der Waals surface area contributed by atoms with Crippen LogP contribution in [0.2, 0.25) is 0 Å². The SMILES string of the molecule is CC(=N)NCc1ccc2cc(OCCF)ccc2c1. The highest BCUT2D eigenvalue weighted by Gasteiger charge is 2.00. The molecule has 0 atom stereocenters. The Hall–Kier alpha value is -2.10. The third kappa shape index (κ3) is 3.68. The molecule has 0 bridgehead atoms. The molecule has 0 aliphatic heterocycles. The van der Waals surface area contributed by atoms with E-state index in [4.69, 9.17) is 10.1 Å². The van der Waals surface area contributed by atoms with Crippen LogP contribution in [0.3, 0.4) is 0 Å². The number of fused-ring (bicyclic) bond motifs is 1. The largest absolute Gasteiger partial charge is 0.491 e. The van der Waals surface area contributed by atoms with Crippen LogP contribution in [0.1, 0.15) is 12.5 Å². The number of amidine groups is 1. The minimum atomic E-state index is -0.481. The summed E-state index contributed by atoms with van der Waals surface area (Å²) in [6.07, 6.45) is 0. The molecule has 0 radical (unpaired) electrons. The van der Waals surface area contributed by atoms with E-state index in [2.05, 4.69) is 11.4 Å². The molecule has 2 rings (SSSR count). The second kappa shape index (κ2) is 6.18. The predicted octanol–water partition coefficient (Wildman–Crippen LogP) is 3.27. The molecule has 19 heavy (non-hydrogen) atoms. The first-order valence-electron chi connectivity index (χ1n) is 6.19. The molecule has 0 aliphatic carbocycles. The Kier molecular flexibility index (Phi) is 4.34. The van der Waals surface area contributed by atoms with Crippen LogP contribution in [0.5, 0.6) is 5.75 Å². The van der Waals surface area contributed by atoms with Crippen molar-refractivity contribution < 1.29 is 9.13 Å². The van der Waals surface area contributed by atoms with E-state index in [0.29, 0.717) is 18.1 Å². The molecule has 2 aromatic rings. The van der Waals surface area contributed by atoms with Crippen molar-refractivity contribution in [2.75, 3.05) is 13.3 Å². The zero-order valence-electron chi connectivity index (χ0n) is 10.9. The van der Waals surface area contributed by atoms with Crippen LogP contribution in [-0.2, 0) is 6.54 Å². The van der Waals surface area contributed by atoms with Gasteiger partial charge in [-0.3, -0.25) is 5.41 Å². The van der Waals surface area contributed by atoms with E-state index < -0.39 is 6.67 Å². The Morgan fingerprint density at radius 3 is 2.68 bits per heavy atom. The van der Waals surface area contributed by atoms with Crippen molar-refractivity contribution in [1.82, 2.24) is 5.32 Å². The van der Waals surface area contributed by atoms with Crippen LogP contribution in [-0.4, -0.2) is 19.1 Å². The fourth-order valence-electron chi connectivity index (χ4n) is 1.86. The second-order valence-corrected chi connectivity index (χ2v) is 4.36. The molecule has 4 heteroatoms. The first kappa shape index (κ1) is 13.3. The maximum atomic E-state index is 12.0. The van der Waals surface area contributed by atoms with E-state index in [9.17, 15) is 4.39 Å². The lowest BCUT2D eigenvalue weighted by Crippen LogP contribution is -2.18. The van der Waals surface area contributed by atoms with Crippen molar-refractivity contribution in [2.24, 2.45) is 0 Å². The fourth-order valence-corrected chi connectivity index (χ4v) is 1.86. The Bertz CT molecular complexity index is 583. The predicted molar refractivity (Wildman–Crippen MR) is 75.7 cm³/mol. The number of nitrogens with one attached hydrogen (secondary N) is 2. The van der Waals surface area contributed by atoms with E-state index in [1.807, 2.05) is 30.3 Å². The molecule has 0 amide bonds. The minimum Gasteiger partial charge on any atom is -0.491 e. The first-order chi connectivity index (χ1) is 9.19. The number of hydrogen-bond acceptors (Lipinski definition) is 2. The highest BCUT2D eigenvalue weighted by Crippen LogP contribution is 2.22. The summed E-state index contributed by atoms with van der Waals surface area (Å²) in [7, 11) is 0. The molecule has 100 valence electrons. The van der Waals surface area contributed by atoms with Crippen LogP contribution in [0.4, 0.5) is 4.39 Å². The molecule has 0 aliphatic rings. The molecule has 2 N–H and O–H groups in total. The van der Waals surface area contributed by atoms with E-state index in [1.165, 1.54) is 0 Å². The summed E-state index contributed by atoms with van der Waals surface area (Å²) in [5.74, 6) is 1.14. The standard InChI is InChI=1S/C15H17FN2O/c1-11(17)18-10-12-2-3-14-9-15(19-7-6-16)5-4-13(14)8-12/h2-5,8-9H,6-7,10H2,1H3,(H2,17,18). The molecular weight excluding hydrogens is 243 g/mol. The van der Waals surface area contributed by atoms with Gasteiger partial charge in [-0.1, -0.05) is 18.2 Å². The summed E-state index contributed by atoms with van der Waals surface area (Å²) in [6, 6.07) is 11.8. The number of rotatable bonds is 5. The maximum Gasteiger partial charge on any atom is 0.123 e. The summed E-state index contributed by atoms with van der Waals surface area (Å²) < 4.78 is 17.3. The molecule has 2 aromatic carbocycles. The Morgan fingerprint density at radius 1 is 1.21 bits per heavy atom. The lowest BCUT2D eigenvalue weighted by Gasteiger charge is -2.08. The molecule has 0 saturated carbocycles. The number of benzene rings is 2. The number of halogens is 1. The molecule has 0 aromatic heterocycles. The van der Waals surface area contributed by atoms with Gasteiger partial charge in [-0.15, -0.1) is 0 Å². The summed E-state index contributed by atoms with van der Waals surface area (Å²) in [5, 5.41) is 12.5. The Balaban J connectivity index is 2.17. The van der Waals surface area contributed by atoms with Gasteiger partial charge in [0, 0.05) is 6.54 Å². The quantitative estimate of drug-likeness (QED) is 0.640. The monoisotopic (exact) mass is 260 g/mol. The third-order valence-electron chi connectivity index (χ3n) is 2.78. The van der Waals surface area contributed by atoms with Gasteiger partial charge in [0.1, 0.15) is 19.0 Å². The summed E-state index contributed by atoms with van der Waals surface area (Å²) >= 11 is 0. The zero-order chi connectivity index (χ0) is 13.7. The van der Waals surface area contributed by atoms with Gasteiger partial charge in [-0.05, 0) is 41.5 Å². The topological polar surface area (TPSA) is 45.1 Å². The summed E-state index contributed by atoms with van der Waals surface area (Å²) in [4.78, 5) is 0. The van der Waals surface area contributed by atoms with E-state index >= 15 is 0 Å². The molecule has 0 spiro atoms. The van der Waals surface area contributed by atoms with Gasteiger partial charge in [0.25, 0.3) is 0 Å². The molecule has 0 unspecified atom stereocenters. The lowest BCUT2D eigenvalue weighted by molar-refractivity contribution is 0.273. The van der Waals surface area contributed by atoms with Crippen molar-refractivity contribution in [1.29, 1.82) is 5.41 Å². The Morgan fingerprint density at radius 2 is 1.95 bits per heavy atom. The van der Waals surface area contributed by atoms with Crippen molar-refractivity contribution in [3.63, 3.8) is 0 Å². The second-order valence-electron chi connectivity index (χ2n) is 4.36. The van der Waals surface area contributed by atoms with Crippen molar-refractivity contribution >= 4 is 16.6 Å². The van der Waals surface area contributed by atoms with Gasteiger partial charge >= 0.3 is 0 Å². The summed E-state index contributed by atoms with van der Waals surface area (Å²) in [5.41, 5.74) is 1.12. The average molecular weight is 260 g/mol. The lowest BCUT2D eigenvalue weighted by atomic mass is 10.1. The number of ether oxygens (including phenoxy) is 1. The first-order valence-corrected chi connectivity index (χ1v) is 6.19. The highest BCUT2D eigenvalue weighted by atomic mass is 19.1. The molecule has 0 heterocycles. The fraction of sp³-hybridized carbons (Fsp3) is 0.267. The van der Waals surface area contributed by atoms with Gasteiger partial charge in [-0.25, -0.2) is 4.39 Å². The van der Waals surface area contributed by atoms with Gasteiger partial charge in [-0.2, -0.15) is 0 Å². The van der Waals surface area contributed by atoms with Gasteiger partial charge in [0.05, 0.1) is 5.84 Å². The molecule has 3 nitrogen and oxygen atoms in total. The van der Waals surface area contributed by atoms with Crippen LogP contribution in [0.15, 0.2) is 36.4 Å². The van der Waals surface area contributed by atoms with Gasteiger partial charge in [0.2, 0.25) is 0 Å². The minimum absolute atomic E-state index is 0.0894. The van der Waals surface area contributed by atoms with Crippen LogP contribution >= 0.6 is 0 Å². The summed E-state index contributed by atoms with van der Waals surface area (Å²) in [6.45, 7) is 1.97. The Labute approximate surface area is 111 Å². The average Bonchev–Trinajstić information content (AvgIpc) is 2.42. The molecule has 0 fully saturated rings. The van der Waals surface area contributed by atoms with Crippen molar-refractivity contribution in [3.05, 3.63) is 42.0 Å². The highest BCUT2D eigenvalue weighted by molar-refractivity contribution is 5.84. The maximum absolute atomic E-state index is 12.0. The van der Waals surface area contributed by atoms with E-state index in [-0.39, 0.29) is 6.61 Å². The van der Waals surface area contributed by atoms with Gasteiger partial charge in [0.15, 0.2) is 0 Å². The normalized spacial score (nSPS) is 10.4. The van der Waals surface area contributed by atoms with Crippen LogP contribution in [0.25, 0.3) is 10.8 Å². The molecule has 0 saturated heterocycles. The van der Waals surface area contributed by atoms with Crippen molar-refractivity contribution in [2.45, 2.75) is 13.5 Å². The van der Waals surface area contributed by atoms with E-state index in [0.717, 1.165) is 16.3 Å². The van der Waals surface area contributed by atoms with Crippen LogP contribution < -0.4 is 10.1 Å². The number of hydrogen-bond donors (Lipinski definition) is 2. The number of alkyl halides is 1. The molecular formula is C15H17FN2O. The smallest absolute Gasteiger partial charge is 0.123 e. The van der Waals surface area contributed by atoms with Crippen LogP contribution in [0, 0.1) is 5.41 Å².